The molecule has 0 N–H and O–H groups in total. The van der Waals surface area contributed by atoms with E-state index in [1.807, 2.05) is 48.5 Å². The van der Waals surface area contributed by atoms with Crippen molar-refractivity contribution in [3.63, 3.8) is 0 Å². The van der Waals surface area contributed by atoms with Gasteiger partial charge in [-0.2, -0.15) is 9.97 Å². The average Bonchev–Trinajstić information content (AvgIpc) is 4.43. The maximum Gasteiger partial charge on any atom is 0.238 e. The van der Waals surface area contributed by atoms with E-state index in [1.165, 1.54) is 27.1 Å². The molecule has 0 saturated heterocycles. The zero-order valence-electron chi connectivity index (χ0n) is 41.4. The molecule has 11 heteroatoms. The summed E-state index contributed by atoms with van der Waals surface area (Å²) in [5, 5.41) is 9.20. The second kappa shape index (κ2) is 16.3. The summed E-state index contributed by atoms with van der Waals surface area (Å²) in [6, 6.07) is 79.1. The highest BCUT2D eigenvalue weighted by Gasteiger charge is 2.26. The smallest absolute Gasteiger partial charge is 0.238 e. The van der Waals surface area contributed by atoms with Gasteiger partial charge in [-0.15, -0.1) is 0 Å². The molecule has 17 aromatic rings. The third-order valence-electron chi connectivity index (χ3n) is 15.5. The van der Waals surface area contributed by atoms with Crippen LogP contribution in [-0.2, 0) is 0 Å². The van der Waals surface area contributed by atoms with Gasteiger partial charge < -0.3 is 13.7 Å². The van der Waals surface area contributed by atoms with Crippen molar-refractivity contribution in [3.8, 4) is 46.0 Å². The predicted molar refractivity (Wildman–Crippen MR) is 314 cm³/mol. The Morgan fingerprint density at radius 2 is 0.654 bits per heavy atom. The van der Waals surface area contributed by atoms with Crippen molar-refractivity contribution in [2.45, 2.75) is 0 Å². The molecule has 0 aliphatic heterocycles. The summed E-state index contributed by atoms with van der Waals surface area (Å²) in [5.74, 6) is 1.29. The number of hydrogen-bond donors (Lipinski definition) is 0. The molecular formula is C67H39N11. The van der Waals surface area contributed by atoms with E-state index in [4.69, 9.17) is 24.9 Å². The maximum atomic E-state index is 5.29. The fraction of sp³-hybridized carbons (Fsp3) is 0. The van der Waals surface area contributed by atoms with Gasteiger partial charge in [-0.1, -0.05) is 103 Å². The van der Waals surface area contributed by atoms with Crippen LogP contribution in [-0.4, -0.2) is 53.2 Å². The Morgan fingerprint density at radius 1 is 0.244 bits per heavy atom. The van der Waals surface area contributed by atoms with Gasteiger partial charge in [-0.3, -0.25) is 14.5 Å². The van der Waals surface area contributed by atoms with Crippen LogP contribution in [0.25, 0.3) is 155 Å². The number of benzene rings is 8. The SMILES string of the molecule is c1ccc(-n2c3ccccc3c3c(-n4c5ccccc5c5c(-n6c7ccccc7c7c8c9ccccc9n(-c9nc(-c%10ccc%11ncccc%11n%10)nc(-c%10ccc%11ncccc%11n%10)n9)c8ccc76)cccc54)cccc32)cc1. The van der Waals surface area contributed by atoms with Crippen LogP contribution in [0.15, 0.2) is 237 Å². The third-order valence-corrected chi connectivity index (χ3v) is 15.5. The van der Waals surface area contributed by atoms with Gasteiger partial charge in [-0.25, -0.2) is 15.0 Å². The molecule has 9 aromatic heterocycles. The first kappa shape index (κ1) is 42.4. The van der Waals surface area contributed by atoms with Crippen LogP contribution in [0.4, 0.5) is 0 Å². The van der Waals surface area contributed by atoms with Crippen LogP contribution >= 0.6 is 0 Å². The predicted octanol–water partition coefficient (Wildman–Crippen LogP) is 15.5. The highest BCUT2D eigenvalue weighted by atomic mass is 15.2. The average molecular weight is 998 g/mol. The Bertz CT molecular complexity index is 5260. The lowest BCUT2D eigenvalue weighted by Crippen LogP contribution is -2.07. The first-order chi connectivity index (χ1) is 38.7. The van der Waals surface area contributed by atoms with Crippen LogP contribution < -0.4 is 0 Å². The molecule has 0 spiro atoms. The normalized spacial score (nSPS) is 12.1. The molecule has 11 nitrogen and oxygen atoms in total. The van der Waals surface area contributed by atoms with Crippen molar-refractivity contribution in [1.82, 2.24) is 53.2 Å². The van der Waals surface area contributed by atoms with E-state index in [0.717, 1.165) is 99.3 Å². The van der Waals surface area contributed by atoms with E-state index in [2.05, 4.69) is 204 Å². The summed E-state index contributed by atoms with van der Waals surface area (Å²) in [7, 11) is 0. The molecule has 0 bridgehead atoms. The van der Waals surface area contributed by atoms with E-state index in [-0.39, 0.29) is 0 Å². The molecule has 0 unspecified atom stereocenters. The second-order valence-corrected chi connectivity index (χ2v) is 19.7. The Hall–Kier alpha value is -10.9. The van der Waals surface area contributed by atoms with E-state index in [1.54, 1.807) is 12.4 Å². The van der Waals surface area contributed by atoms with Crippen molar-refractivity contribution < 1.29 is 0 Å². The molecule has 0 saturated carbocycles. The molecule has 78 heavy (non-hydrogen) atoms. The molecule has 0 fully saturated rings. The molecule has 17 rings (SSSR count). The molecular weight excluding hydrogens is 959 g/mol. The third kappa shape index (κ3) is 6.06. The van der Waals surface area contributed by atoms with Gasteiger partial charge >= 0.3 is 0 Å². The molecule has 0 amide bonds. The lowest BCUT2D eigenvalue weighted by molar-refractivity contribution is 0.945. The fourth-order valence-electron chi connectivity index (χ4n) is 12.3. The Morgan fingerprint density at radius 3 is 1.18 bits per heavy atom. The number of rotatable bonds is 6. The molecule has 362 valence electrons. The zero-order valence-corrected chi connectivity index (χ0v) is 41.4. The van der Waals surface area contributed by atoms with Crippen molar-refractivity contribution in [2.24, 2.45) is 0 Å². The Labute approximate surface area is 443 Å². The number of fused-ring (bicyclic) bond motifs is 15. The number of hydrogen-bond acceptors (Lipinski definition) is 7. The van der Waals surface area contributed by atoms with Crippen LogP contribution in [0.3, 0.4) is 0 Å². The lowest BCUT2D eigenvalue weighted by Gasteiger charge is -2.13. The second-order valence-electron chi connectivity index (χ2n) is 19.7. The molecule has 9 heterocycles. The van der Waals surface area contributed by atoms with Crippen molar-refractivity contribution in [2.75, 3.05) is 0 Å². The van der Waals surface area contributed by atoms with Crippen molar-refractivity contribution in [3.05, 3.63) is 237 Å². The van der Waals surface area contributed by atoms with Crippen molar-refractivity contribution in [1.29, 1.82) is 0 Å². The van der Waals surface area contributed by atoms with Gasteiger partial charge in [0.2, 0.25) is 5.95 Å². The summed E-state index contributed by atoms with van der Waals surface area (Å²) >= 11 is 0. The standard InChI is InChI=1S/C67H39N11/c1-2-16-40(17-3-1)75-51-24-8-4-18-41(51)61-55(75)28-12-29-56(61)76-52-25-9-5-19-42(52)62-57(76)30-13-31-58(62)77-53-26-10-6-20-43(53)63-59(77)36-37-60-64(63)44-21-7-11-27-54(44)78(60)67-73-65(49-34-32-45-47(70-49)22-14-38-68-45)72-66(74-67)50-35-33-46-48(71-50)23-15-39-69-46/h1-39H. The minimum Gasteiger partial charge on any atom is -0.309 e. The summed E-state index contributed by atoms with van der Waals surface area (Å²) in [5.41, 5.74) is 16.3. The first-order valence-corrected chi connectivity index (χ1v) is 26.0. The fourth-order valence-corrected chi connectivity index (χ4v) is 12.3. The first-order valence-electron chi connectivity index (χ1n) is 26.0. The number of para-hydroxylation sites is 5. The Balaban J connectivity index is 0.924. The van der Waals surface area contributed by atoms with Gasteiger partial charge in [0.1, 0.15) is 11.4 Å². The topological polar surface area (TPSA) is 110 Å². The minimum atomic E-state index is 0.419. The number of nitrogens with zero attached hydrogens (tertiary/aromatic N) is 11. The molecule has 8 aromatic carbocycles. The van der Waals surface area contributed by atoms with E-state index >= 15 is 0 Å². The Kier molecular flexibility index (Phi) is 8.87. The summed E-state index contributed by atoms with van der Waals surface area (Å²) in [4.78, 5) is 34.8. The zero-order chi connectivity index (χ0) is 51.0. The van der Waals surface area contributed by atoms with Gasteiger partial charge in [0.15, 0.2) is 11.6 Å². The monoisotopic (exact) mass is 997 g/mol. The summed E-state index contributed by atoms with van der Waals surface area (Å²) in [6.45, 7) is 0. The van der Waals surface area contributed by atoms with Crippen LogP contribution in [0.5, 0.6) is 0 Å². The minimum absolute atomic E-state index is 0.419. The van der Waals surface area contributed by atoms with Crippen LogP contribution in [0.1, 0.15) is 0 Å². The van der Waals surface area contributed by atoms with Crippen LogP contribution in [0, 0.1) is 0 Å². The largest absolute Gasteiger partial charge is 0.309 e. The molecule has 0 atom stereocenters. The number of aromatic nitrogens is 11. The molecule has 0 aliphatic rings. The highest BCUT2D eigenvalue weighted by Crippen LogP contribution is 2.46. The van der Waals surface area contributed by atoms with Gasteiger partial charge in [0.05, 0.1) is 77.6 Å². The maximum absolute atomic E-state index is 5.29. The molecule has 0 radical (unpaired) electrons. The van der Waals surface area contributed by atoms with Gasteiger partial charge in [-0.05, 0) is 121 Å². The van der Waals surface area contributed by atoms with E-state index in [9.17, 15) is 0 Å². The quantitative estimate of drug-likeness (QED) is 0.163. The number of pyridine rings is 4. The van der Waals surface area contributed by atoms with E-state index < -0.39 is 0 Å². The lowest BCUT2D eigenvalue weighted by atomic mass is 10.1. The van der Waals surface area contributed by atoms with Gasteiger partial charge in [0.25, 0.3) is 0 Å². The molecule has 0 aliphatic carbocycles. The van der Waals surface area contributed by atoms with E-state index in [0.29, 0.717) is 29.0 Å². The van der Waals surface area contributed by atoms with Crippen molar-refractivity contribution >= 4 is 109 Å². The summed E-state index contributed by atoms with van der Waals surface area (Å²) < 4.78 is 9.50. The summed E-state index contributed by atoms with van der Waals surface area (Å²) in [6.07, 6.45) is 3.54. The van der Waals surface area contributed by atoms with Crippen LogP contribution in [0.2, 0.25) is 0 Å². The highest BCUT2D eigenvalue weighted by molar-refractivity contribution is 6.29. The van der Waals surface area contributed by atoms with Gasteiger partial charge in [0, 0.05) is 61.2 Å².